The van der Waals surface area contributed by atoms with Gasteiger partial charge in [-0.15, -0.1) is 0 Å². The van der Waals surface area contributed by atoms with Gasteiger partial charge >= 0.3 is 5.97 Å². The van der Waals surface area contributed by atoms with E-state index in [1.165, 1.54) is 56.8 Å². The van der Waals surface area contributed by atoms with Gasteiger partial charge in [0.15, 0.2) is 4.80 Å². The summed E-state index contributed by atoms with van der Waals surface area (Å²) < 4.78 is 32.6. The molecule has 1 heterocycles. The normalized spacial score (nSPS) is 12.5. The fourth-order valence-electron chi connectivity index (χ4n) is 2.58. The highest BCUT2D eigenvalue weighted by Crippen LogP contribution is 2.18. The molecule has 0 aliphatic carbocycles. The molecule has 0 unspecified atom stereocenters. The van der Waals surface area contributed by atoms with Gasteiger partial charge in [0.25, 0.3) is 5.91 Å². The highest BCUT2D eigenvalue weighted by molar-refractivity contribution is 7.89. The predicted octanol–water partition coefficient (Wildman–Crippen LogP) is 1.87. The Hall–Kier alpha value is -2.82. The number of thiazole rings is 1. The molecule has 0 fully saturated rings. The van der Waals surface area contributed by atoms with E-state index in [0.29, 0.717) is 4.80 Å². The first kappa shape index (κ1) is 20.9. The molecule has 3 aromatic rings. The number of hydrogen-bond donors (Lipinski definition) is 0. The molecule has 29 heavy (non-hydrogen) atoms. The van der Waals surface area contributed by atoms with Gasteiger partial charge in [0.2, 0.25) is 10.0 Å². The summed E-state index contributed by atoms with van der Waals surface area (Å²) in [5, 5.41) is 0. The third-order valence-electron chi connectivity index (χ3n) is 4.18. The molecule has 8 nitrogen and oxygen atoms in total. The van der Waals surface area contributed by atoms with Crippen molar-refractivity contribution in [3.63, 3.8) is 0 Å². The van der Waals surface area contributed by atoms with Crippen LogP contribution in [0.2, 0.25) is 0 Å². The van der Waals surface area contributed by atoms with E-state index in [2.05, 4.69) is 4.99 Å². The van der Waals surface area contributed by atoms with E-state index >= 15 is 0 Å². The fraction of sp³-hybridized carbons (Fsp3) is 0.211. The quantitative estimate of drug-likeness (QED) is 0.572. The van der Waals surface area contributed by atoms with E-state index in [1.807, 2.05) is 24.3 Å². The van der Waals surface area contributed by atoms with Crippen LogP contribution in [0.3, 0.4) is 0 Å². The third kappa shape index (κ3) is 4.29. The molecule has 1 aromatic heterocycles. The maximum absolute atomic E-state index is 12.6. The molecule has 2 aromatic carbocycles. The van der Waals surface area contributed by atoms with E-state index in [9.17, 15) is 18.0 Å². The van der Waals surface area contributed by atoms with Crippen LogP contribution < -0.4 is 4.80 Å². The van der Waals surface area contributed by atoms with Crippen molar-refractivity contribution in [1.29, 1.82) is 0 Å². The van der Waals surface area contributed by atoms with Crippen molar-refractivity contribution in [3.8, 4) is 0 Å². The monoisotopic (exact) mass is 433 g/mol. The van der Waals surface area contributed by atoms with Crippen molar-refractivity contribution in [2.45, 2.75) is 11.4 Å². The van der Waals surface area contributed by atoms with Crippen molar-refractivity contribution in [3.05, 3.63) is 58.9 Å². The average molecular weight is 434 g/mol. The van der Waals surface area contributed by atoms with Crippen molar-refractivity contribution in [2.75, 3.05) is 21.2 Å². The topological polar surface area (TPSA) is 98.0 Å². The van der Waals surface area contributed by atoms with E-state index in [1.54, 1.807) is 4.57 Å². The largest absolute Gasteiger partial charge is 0.468 e. The van der Waals surface area contributed by atoms with Crippen LogP contribution in [0.15, 0.2) is 58.4 Å². The number of carbonyl (C=O) groups excluding carboxylic acids is 2. The number of rotatable bonds is 5. The molecule has 10 heteroatoms. The Morgan fingerprint density at radius 3 is 2.38 bits per heavy atom. The minimum atomic E-state index is -3.58. The lowest BCUT2D eigenvalue weighted by Gasteiger charge is -2.11. The van der Waals surface area contributed by atoms with Crippen LogP contribution in [0, 0.1) is 0 Å². The van der Waals surface area contributed by atoms with Crippen LogP contribution in [-0.2, 0) is 26.1 Å². The average Bonchev–Trinajstić information content (AvgIpc) is 3.04. The molecule has 3 rings (SSSR count). The summed E-state index contributed by atoms with van der Waals surface area (Å²) in [7, 11) is 0.585. The molecule has 0 saturated heterocycles. The number of benzene rings is 2. The maximum atomic E-state index is 12.6. The number of methoxy groups -OCH3 is 1. The Morgan fingerprint density at radius 1 is 1.10 bits per heavy atom. The zero-order valence-corrected chi connectivity index (χ0v) is 17.7. The molecule has 0 atom stereocenters. The van der Waals surface area contributed by atoms with E-state index in [-0.39, 0.29) is 17.0 Å². The SMILES string of the molecule is COC(=O)Cn1c(=NC(=O)c2ccc(S(=O)(=O)N(C)C)cc2)sc2ccccc21. The van der Waals surface area contributed by atoms with Crippen LogP contribution in [-0.4, -0.2) is 50.4 Å². The van der Waals surface area contributed by atoms with Crippen molar-refractivity contribution in [1.82, 2.24) is 8.87 Å². The van der Waals surface area contributed by atoms with Crippen LogP contribution in [0.5, 0.6) is 0 Å². The second-order valence-electron chi connectivity index (χ2n) is 6.24. The van der Waals surface area contributed by atoms with Crippen molar-refractivity contribution in [2.24, 2.45) is 4.99 Å². The smallest absolute Gasteiger partial charge is 0.325 e. The molecule has 0 spiro atoms. The Balaban J connectivity index is 2.02. The van der Waals surface area contributed by atoms with Crippen LogP contribution in [0.25, 0.3) is 10.2 Å². The van der Waals surface area contributed by atoms with E-state index < -0.39 is 21.9 Å². The van der Waals surface area contributed by atoms with Gasteiger partial charge in [0, 0.05) is 19.7 Å². The zero-order chi connectivity index (χ0) is 21.2. The molecule has 152 valence electrons. The van der Waals surface area contributed by atoms with Gasteiger partial charge in [-0.3, -0.25) is 9.59 Å². The lowest BCUT2D eigenvalue weighted by Crippen LogP contribution is -2.23. The number of para-hydroxylation sites is 1. The first-order chi connectivity index (χ1) is 13.7. The molecule has 0 aliphatic rings. The number of aromatic nitrogens is 1. The highest BCUT2D eigenvalue weighted by atomic mass is 32.2. The predicted molar refractivity (Wildman–Crippen MR) is 109 cm³/mol. The summed E-state index contributed by atoms with van der Waals surface area (Å²) in [6.45, 7) is -0.0767. The Kier molecular flexibility index (Phi) is 5.96. The van der Waals surface area contributed by atoms with Gasteiger partial charge in [-0.1, -0.05) is 23.5 Å². The summed E-state index contributed by atoms with van der Waals surface area (Å²) in [5.74, 6) is -0.996. The molecule has 0 aliphatic heterocycles. The second kappa shape index (κ2) is 8.27. The number of ether oxygens (including phenoxy) is 1. The lowest BCUT2D eigenvalue weighted by atomic mass is 10.2. The van der Waals surface area contributed by atoms with Gasteiger partial charge in [0.05, 0.1) is 22.2 Å². The molecule has 0 saturated carbocycles. The molecular weight excluding hydrogens is 414 g/mol. The standard InChI is InChI=1S/C19H19N3O5S2/c1-21(2)29(25,26)14-10-8-13(9-11-14)18(24)20-19-22(12-17(23)27-3)15-6-4-5-7-16(15)28-19/h4-11H,12H2,1-3H3. The lowest BCUT2D eigenvalue weighted by molar-refractivity contribution is -0.141. The van der Waals surface area contributed by atoms with Crippen LogP contribution in [0.1, 0.15) is 10.4 Å². The minimum absolute atomic E-state index is 0.0767. The van der Waals surface area contributed by atoms with Gasteiger partial charge in [-0.25, -0.2) is 12.7 Å². The fourth-order valence-corrected chi connectivity index (χ4v) is 4.51. The Bertz CT molecular complexity index is 1240. The first-order valence-corrected chi connectivity index (χ1v) is 10.8. The van der Waals surface area contributed by atoms with E-state index in [4.69, 9.17) is 4.74 Å². The number of esters is 1. The zero-order valence-electron chi connectivity index (χ0n) is 16.0. The number of carbonyl (C=O) groups is 2. The van der Waals surface area contributed by atoms with Gasteiger partial charge in [-0.05, 0) is 36.4 Å². The Labute approximate surface area is 171 Å². The first-order valence-electron chi connectivity index (χ1n) is 8.51. The molecular formula is C19H19N3O5S2. The number of hydrogen-bond acceptors (Lipinski definition) is 6. The number of amides is 1. The third-order valence-corrected chi connectivity index (χ3v) is 7.07. The summed E-state index contributed by atoms with van der Waals surface area (Å²) in [6, 6.07) is 13.0. The summed E-state index contributed by atoms with van der Waals surface area (Å²) in [4.78, 5) is 29.0. The van der Waals surface area contributed by atoms with Crippen LogP contribution >= 0.6 is 11.3 Å². The van der Waals surface area contributed by atoms with Crippen molar-refractivity contribution < 1.29 is 22.7 Å². The second-order valence-corrected chi connectivity index (χ2v) is 9.40. The number of sulfonamides is 1. The summed E-state index contributed by atoms with van der Waals surface area (Å²) in [6.07, 6.45) is 0. The Morgan fingerprint density at radius 2 is 1.76 bits per heavy atom. The number of nitrogens with zero attached hydrogens (tertiary/aromatic N) is 3. The summed E-state index contributed by atoms with van der Waals surface area (Å²) >= 11 is 1.28. The highest BCUT2D eigenvalue weighted by Gasteiger charge is 2.18. The maximum Gasteiger partial charge on any atom is 0.325 e. The number of fused-ring (bicyclic) bond motifs is 1. The molecule has 1 amide bonds. The summed E-state index contributed by atoms with van der Waals surface area (Å²) in [5.41, 5.74) is 1.01. The van der Waals surface area contributed by atoms with Gasteiger partial charge < -0.3 is 9.30 Å². The molecule has 0 radical (unpaired) electrons. The van der Waals surface area contributed by atoms with E-state index in [0.717, 1.165) is 14.5 Å². The van der Waals surface area contributed by atoms with Gasteiger partial charge in [0.1, 0.15) is 6.54 Å². The molecule has 0 N–H and O–H groups in total. The molecule has 0 bridgehead atoms. The van der Waals surface area contributed by atoms with Gasteiger partial charge in [-0.2, -0.15) is 4.99 Å². The minimum Gasteiger partial charge on any atom is -0.468 e. The van der Waals surface area contributed by atoms with Crippen molar-refractivity contribution >= 4 is 43.5 Å². The van der Waals surface area contributed by atoms with Crippen LogP contribution in [0.4, 0.5) is 0 Å².